The molecule has 0 unspecified atom stereocenters. The third-order valence-electron chi connectivity index (χ3n) is 3.43. The van der Waals surface area contributed by atoms with Gasteiger partial charge in [0.25, 0.3) is 0 Å². The van der Waals surface area contributed by atoms with Crippen molar-refractivity contribution in [1.82, 2.24) is 9.80 Å². The SMILES string of the molecule is Cc1cc(Br)ccc1NCC(=O)N1CCN(C=O)CC1. The summed E-state index contributed by atoms with van der Waals surface area (Å²) in [5, 5.41) is 3.17. The molecule has 1 N–H and O–H groups in total. The van der Waals surface area contributed by atoms with Crippen molar-refractivity contribution in [2.45, 2.75) is 6.92 Å². The van der Waals surface area contributed by atoms with Crippen LogP contribution in [0.5, 0.6) is 0 Å². The predicted octanol–water partition coefficient (Wildman–Crippen LogP) is 1.47. The summed E-state index contributed by atoms with van der Waals surface area (Å²) in [7, 11) is 0. The molecule has 5 nitrogen and oxygen atoms in total. The lowest BCUT2D eigenvalue weighted by molar-refractivity contribution is -0.133. The normalized spacial score (nSPS) is 15.1. The molecule has 1 aliphatic rings. The first-order valence-electron chi connectivity index (χ1n) is 6.57. The van der Waals surface area contributed by atoms with Crippen LogP contribution in [0.25, 0.3) is 0 Å². The van der Waals surface area contributed by atoms with Crippen molar-refractivity contribution in [3.8, 4) is 0 Å². The average Bonchev–Trinajstić information content (AvgIpc) is 2.46. The van der Waals surface area contributed by atoms with E-state index in [1.54, 1.807) is 9.80 Å². The molecule has 0 spiro atoms. The Morgan fingerprint density at radius 3 is 2.65 bits per heavy atom. The molecule has 20 heavy (non-hydrogen) atoms. The Labute approximate surface area is 127 Å². The van der Waals surface area contributed by atoms with Gasteiger partial charge in [0.1, 0.15) is 0 Å². The fourth-order valence-electron chi connectivity index (χ4n) is 2.18. The highest BCUT2D eigenvalue weighted by Crippen LogP contribution is 2.19. The minimum Gasteiger partial charge on any atom is -0.376 e. The Kier molecular flexibility index (Phi) is 5.00. The first-order chi connectivity index (χ1) is 9.60. The minimum atomic E-state index is 0.0675. The molecule has 1 aromatic carbocycles. The van der Waals surface area contributed by atoms with E-state index in [1.165, 1.54) is 0 Å². The van der Waals surface area contributed by atoms with Gasteiger partial charge in [0.2, 0.25) is 12.3 Å². The van der Waals surface area contributed by atoms with Gasteiger partial charge in [-0.3, -0.25) is 9.59 Å². The van der Waals surface area contributed by atoms with Gasteiger partial charge in [0, 0.05) is 36.3 Å². The Bertz CT molecular complexity index is 499. The van der Waals surface area contributed by atoms with Crippen LogP contribution < -0.4 is 5.32 Å². The number of nitrogens with one attached hydrogen (secondary N) is 1. The van der Waals surface area contributed by atoms with Gasteiger partial charge >= 0.3 is 0 Å². The van der Waals surface area contributed by atoms with Crippen LogP contribution in [0.1, 0.15) is 5.56 Å². The Hall–Kier alpha value is -1.56. The third-order valence-corrected chi connectivity index (χ3v) is 3.93. The van der Waals surface area contributed by atoms with E-state index >= 15 is 0 Å². The standard InChI is InChI=1S/C14H18BrN3O2/c1-11-8-12(15)2-3-13(11)16-9-14(20)18-6-4-17(10-19)5-7-18/h2-3,8,10,16H,4-7,9H2,1H3. The lowest BCUT2D eigenvalue weighted by Gasteiger charge is -2.32. The summed E-state index contributed by atoms with van der Waals surface area (Å²) < 4.78 is 1.02. The minimum absolute atomic E-state index is 0.0675. The molecule has 1 aliphatic heterocycles. The summed E-state index contributed by atoms with van der Waals surface area (Å²) in [5.41, 5.74) is 2.06. The van der Waals surface area contributed by atoms with Crippen molar-refractivity contribution in [3.63, 3.8) is 0 Å². The van der Waals surface area contributed by atoms with Crippen LogP contribution in [0.3, 0.4) is 0 Å². The quantitative estimate of drug-likeness (QED) is 0.845. The molecule has 0 aliphatic carbocycles. The number of amides is 2. The number of anilines is 1. The zero-order valence-electron chi connectivity index (χ0n) is 11.4. The maximum Gasteiger partial charge on any atom is 0.241 e. The first kappa shape index (κ1) is 14.8. The van der Waals surface area contributed by atoms with Gasteiger partial charge in [-0.1, -0.05) is 15.9 Å². The monoisotopic (exact) mass is 339 g/mol. The van der Waals surface area contributed by atoms with E-state index in [9.17, 15) is 9.59 Å². The second kappa shape index (κ2) is 6.74. The molecule has 1 aromatic rings. The number of nitrogens with zero attached hydrogens (tertiary/aromatic N) is 2. The highest BCUT2D eigenvalue weighted by Gasteiger charge is 2.19. The average molecular weight is 340 g/mol. The third kappa shape index (κ3) is 3.72. The van der Waals surface area contributed by atoms with Gasteiger partial charge in [-0.15, -0.1) is 0 Å². The van der Waals surface area contributed by atoms with Crippen molar-refractivity contribution in [3.05, 3.63) is 28.2 Å². The van der Waals surface area contributed by atoms with E-state index in [2.05, 4.69) is 21.2 Å². The van der Waals surface area contributed by atoms with Crippen LogP contribution in [0.4, 0.5) is 5.69 Å². The van der Waals surface area contributed by atoms with Crippen molar-refractivity contribution in [2.24, 2.45) is 0 Å². The molecule has 1 saturated heterocycles. The van der Waals surface area contributed by atoms with Gasteiger partial charge in [0.05, 0.1) is 6.54 Å². The zero-order valence-corrected chi connectivity index (χ0v) is 13.0. The second-order valence-corrected chi connectivity index (χ2v) is 5.75. The van der Waals surface area contributed by atoms with Crippen LogP contribution in [-0.4, -0.2) is 54.8 Å². The van der Waals surface area contributed by atoms with Gasteiger partial charge in [-0.05, 0) is 30.7 Å². The number of hydrogen-bond acceptors (Lipinski definition) is 3. The maximum atomic E-state index is 12.1. The van der Waals surface area contributed by atoms with Crippen molar-refractivity contribution in [2.75, 3.05) is 38.0 Å². The van der Waals surface area contributed by atoms with E-state index in [0.717, 1.165) is 22.1 Å². The molecule has 0 saturated carbocycles. The highest BCUT2D eigenvalue weighted by atomic mass is 79.9. The molecule has 6 heteroatoms. The number of aryl methyl sites for hydroxylation is 1. The fraction of sp³-hybridized carbons (Fsp3) is 0.429. The molecular weight excluding hydrogens is 322 g/mol. The number of piperazine rings is 1. The highest BCUT2D eigenvalue weighted by molar-refractivity contribution is 9.10. The van der Waals surface area contributed by atoms with Gasteiger partial charge < -0.3 is 15.1 Å². The van der Waals surface area contributed by atoms with Gasteiger partial charge in [-0.25, -0.2) is 0 Å². The molecular formula is C14H18BrN3O2. The second-order valence-electron chi connectivity index (χ2n) is 4.83. The molecule has 0 radical (unpaired) electrons. The van der Waals surface area contributed by atoms with Crippen molar-refractivity contribution < 1.29 is 9.59 Å². The molecule has 1 fully saturated rings. The molecule has 1 heterocycles. The number of halogens is 1. The lowest BCUT2D eigenvalue weighted by Crippen LogP contribution is -2.49. The summed E-state index contributed by atoms with van der Waals surface area (Å²) in [5.74, 6) is 0.0675. The molecule has 2 amide bonds. The molecule has 108 valence electrons. The van der Waals surface area contributed by atoms with E-state index < -0.39 is 0 Å². The Balaban J connectivity index is 1.85. The van der Waals surface area contributed by atoms with Gasteiger partial charge in [-0.2, -0.15) is 0 Å². The van der Waals surface area contributed by atoms with Crippen molar-refractivity contribution in [1.29, 1.82) is 0 Å². The number of benzene rings is 1. The summed E-state index contributed by atoms with van der Waals surface area (Å²) in [6.07, 6.45) is 0.839. The van der Waals surface area contributed by atoms with E-state index in [4.69, 9.17) is 0 Å². The lowest BCUT2D eigenvalue weighted by atomic mass is 10.2. The summed E-state index contributed by atoms with van der Waals surface area (Å²) in [6, 6.07) is 5.91. The van der Waals surface area contributed by atoms with E-state index in [0.29, 0.717) is 26.2 Å². The number of rotatable bonds is 4. The fourth-order valence-corrected chi connectivity index (χ4v) is 2.66. The summed E-state index contributed by atoms with van der Waals surface area (Å²) in [6.45, 7) is 4.74. The molecule has 2 rings (SSSR count). The van der Waals surface area contributed by atoms with Crippen LogP contribution in [0.15, 0.2) is 22.7 Å². The predicted molar refractivity (Wildman–Crippen MR) is 81.6 cm³/mol. The summed E-state index contributed by atoms with van der Waals surface area (Å²) in [4.78, 5) is 26.2. The van der Waals surface area contributed by atoms with Crippen LogP contribution in [0, 0.1) is 6.92 Å². The largest absolute Gasteiger partial charge is 0.376 e. The van der Waals surface area contributed by atoms with E-state index in [1.807, 2.05) is 25.1 Å². The number of carbonyl (C=O) groups excluding carboxylic acids is 2. The molecule has 0 aromatic heterocycles. The Morgan fingerprint density at radius 1 is 1.35 bits per heavy atom. The topological polar surface area (TPSA) is 52.7 Å². The van der Waals surface area contributed by atoms with E-state index in [-0.39, 0.29) is 12.5 Å². The van der Waals surface area contributed by atoms with Crippen LogP contribution in [0.2, 0.25) is 0 Å². The molecule has 0 bridgehead atoms. The molecule has 0 atom stereocenters. The first-order valence-corrected chi connectivity index (χ1v) is 7.36. The zero-order chi connectivity index (χ0) is 14.5. The Morgan fingerprint density at radius 2 is 2.05 bits per heavy atom. The summed E-state index contributed by atoms with van der Waals surface area (Å²) >= 11 is 3.42. The number of carbonyl (C=O) groups is 2. The maximum absolute atomic E-state index is 12.1. The van der Waals surface area contributed by atoms with Crippen molar-refractivity contribution >= 4 is 33.9 Å². The van der Waals surface area contributed by atoms with Gasteiger partial charge in [0.15, 0.2) is 0 Å². The van der Waals surface area contributed by atoms with Crippen LogP contribution >= 0.6 is 15.9 Å². The number of hydrogen-bond donors (Lipinski definition) is 1. The smallest absolute Gasteiger partial charge is 0.241 e. The van der Waals surface area contributed by atoms with Crippen LogP contribution in [-0.2, 0) is 9.59 Å².